The summed E-state index contributed by atoms with van der Waals surface area (Å²) in [7, 11) is 2.02. The highest BCUT2D eigenvalue weighted by atomic mass is 19.1. The summed E-state index contributed by atoms with van der Waals surface area (Å²) in [5.74, 6) is 1.51. The van der Waals surface area contributed by atoms with Gasteiger partial charge in [-0.2, -0.15) is 0 Å². The molecule has 1 aliphatic carbocycles. The molecule has 0 aliphatic heterocycles. The topological polar surface area (TPSA) is 12.0 Å². The van der Waals surface area contributed by atoms with Crippen LogP contribution < -0.4 is 5.32 Å². The Bertz CT molecular complexity index is 375. The number of halogens is 1. The van der Waals surface area contributed by atoms with Crippen LogP contribution in [0.1, 0.15) is 24.5 Å². The van der Waals surface area contributed by atoms with Crippen LogP contribution in [0, 0.1) is 24.6 Å². The third-order valence-corrected chi connectivity index (χ3v) is 3.80. The number of hydrogen-bond donors (Lipinski definition) is 1. The molecule has 0 aromatic heterocycles. The normalized spacial score (nSPS) is 25.5. The maximum absolute atomic E-state index is 13.0. The van der Waals surface area contributed by atoms with Crippen LogP contribution >= 0.6 is 0 Å². The zero-order chi connectivity index (χ0) is 11.7. The quantitative estimate of drug-likeness (QED) is 0.824. The minimum absolute atomic E-state index is 0.137. The molecule has 0 heterocycles. The summed E-state index contributed by atoms with van der Waals surface area (Å²) in [5, 5.41) is 3.39. The Kier molecular flexibility index (Phi) is 3.29. The lowest BCUT2D eigenvalue weighted by atomic mass is 9.97. The van der Waals surface area contributed by atoms with Crippen LogP contribution in [0.15, 0.2) is 18.2 Å². The fourth-order valence-electron chi connectivity index (χ4n) is 2.50. The maximum Gasteiger partial charge on any atom is 0.123 e. The molecule has 88 valence electrons. The van der Waals surface area contributed by atoms with E-state index in [1.807, 2.05) is 20.0 Å². The molecule has 1 aromatic carbocycles. The Morgan fingerprint density at radius 2 is 2.19 bits per heavy atom. The summed E-state index contributed by atoms with van der Waals surface area (Å²) >= 11 is 0. The molecular formula is C14H20FN. The lowest BCUT2D eigenvalue weighted by Crippen LogP contribution is -2.30. The molecule has 0 saturated heterocycles. The van der Waals surface area contributed by atoms with E-state index in [-0.39, 0.29) is 5.82 Å². The number of nitrogens with one attached hydrogen (secondary N) is 1. The Balaban J connectivity index is 2.07. The molecule has 1 nitrogen and oxygen atoms in total. The number of hydrogen-bond acceptors (Lipinski definition) is 1. The van der Waals surface area contributed by atoms with Crippen molar-refractivity contribution in [2.24, 2.45) is 11.8 Å². The van der Waals surface area contributed by atoms with Gasteiger partial charge in [0.15, 0.2) is 0 Å². The largest absolute Gasteiger partial charge is 0.316 e. The van der Waals surface area contributed by atoms with Crippen molar-refractivity contribution in [1.82, 2.24) is 5.32 Å². The second-order valence-corrected chi connectivity index (χ2v) is 5.05. The first kappa shape index (κ1) is 11.6. The third-order valence-electron chi connectivity index (χ3n) is 3.80. The third kappa shape index (κ3) is 2.43. The first-order chi connectivity index (χ1) is 7.61. The van der Waals surface area contributed by atoms with Gasteiger partial charge in [-0.05, 0) is 61.9 Å². The first-order valence-electron chi connectivity index (χ1n) is 6.04. The van der Waals surface area contributed by atoms with Crippen LogP contribution in [0.2, 0.25) is 0 Å². The summed E-state index contributed by atoms with van der Waals surface area (Å²) in [6.07, 6.45) is 2.34. The summed E-state index contributed by atoms with van der Waals surface area (Å²) in [6, 6.07) is 5.64. The molecule has 2 heteroatoms. The fraction of sp³-hybridized carbons (Fsp3) is 0.571. The van der Waals surface area contributed by atoms with E-state index in [0.717, 1.165) is 23.8 Å². The minimum Gasteiger partial charge on any atom is -0.316 e. The van der Waals surface area contributed by atoms with Crippen molar-refractivity contribution in [3.63, 3.8) is 0 Å². The number of likely N-dealkylation sites (N-methyl/N-ethyl adjacent to an activating group) is 1. The molecule has 1 N–H and O–H groups in total. The Labute approximate surface area is 97.1 Å². The minimum atomic E-state index is -0.137. The van der Waals surface area contributed by atoms with Gasteiger partial charge < -0.3 is 5.32 Å². The smallest absolute Gasteiger partial charge is 0.123 e. The van der Waals surface area contributed by atoms with Crippen LogP contribution in [0.4, 0.5) is 4.39 Å². The predicted octanol–water partition coefficient (Wildman–Crippen LogP) is 2.92. The Morgan fingerprint density at radius 1 is 1.50 bits per heavy atom. The van der Waals surface area contributed by atoms with Gasteiger partial charge in [0.25, 0.3) is 0 Å². The molecule has 1 fully saturated rings. The van der Waals surface area contributed by atoms with Gasteiger partial charge >= 0.3 is 0 Å². The van der Waals surface area contributed by atoms with E-state index < -0.39 is 0 Å². The van der Waals surface area contributed by atoms with Crippen molar-refractivity contribution in [2.75, 3.05) is 7.05 Å². The molecule has 0 amide bonds. The second kappa shape index (κ2) is 4.54. The van der Waals surface area contributed by atoms with Gasteiger partial charge in [-0.25, -0.2) is 4.39 Å². The van der Waals surface area contributed by atoms with E-state index >= 15 is 0 Å². The summed E-state index contributed by atoms with van der Waals surface area (Å²) < 4.78 is 13.0. The lowest BCUT2D eigenvalue weighted by molar-refractivity contribution is 0.478. The highest BCUT2D eigenvalue weighted by Crippen LogP contribution is 2.41. The van der Waals surface area contributed by atoms with Crippen LogP contribution in [-0.2, 0) is 6.42 Å². The highest BCUT2D eigenvalue weighted by Gasteiger charge is 2.38. The standard InChI is InChI=1S/C14H20FN/c1-9-6-12(15)5-4-11(9)8-14(16-3)13-7-10(13)2/h4-6,10,13-14,16H,7-8H2,1-3H3. The molecule has 1 aliphatic rings. The van der Waals surface area contributed by atoms with Crippen LogP contribution in [0.25, 0.3) is 0 Å². The molecular weight excluding hydrogens is 201 g/mol. The molecule has 3 unspecified atom stereocenters. The molecule has 0 radical (unpaired) electrons. The number of aryl methyl sites for hydroxylation is 1. The van der Waals surface area contributed by atoms with Crippen LogP contribution in [0.5, 0.6) is 0 Å². The van der Waals surface area contributed by atoms with Crippen molar-refractivity contribution >= 4 is 0 Å². The van der Waals surface area contributed by atoms with E-state index in [1.54, 1.807) is 12.1 Å². The number of rotatable bonds is 4. The second-order valence-electron chi connectivity index (χ2n) is 5.05. The Morgan fingerprint density at radius 3 is 2.69 bits per heavy atom. The van der Waals surface area contributed by atoms with E-state index in [1.165, 1.54) is 12.0 Å². The van der Waals surface area contributed by atoms with E-state index in [2.05, 4.69) is 12.2 Å². The SMILES string of the molecule is CNC(Cc1ccc(F)cc1C)C1CC1C. The van der Waals surface area contributed by atoms with Gasteiger partial charge in [-0.1, -0.05) is 13.0 Å². The average molecular weight is 221 g/mol. The van der Waals surface area contributed by atoms with Crippen LogP contribution in [-0.4, -0.2) is 13.1 Å². The monoisotopic (exact) mass is 221 g/mol. The lowest BCUT2D eigenvalue weighted by Gasteiger charge is -2.17. The summed E-state index contributed by atoms with van der Waals surface area (Å²) in [4.78, 5) is 0. The zero-order valence-electron chi connectivity index (χ0n) is 10.3. The Hall–Kier alpha value is -0.890. The molecule has 1 aromatic rings. The van der Waals surface area contributed by atoms with Gasteiger partial charge in [-0.3, -0.25) is 0 Å². The average Bonchev–Trinajstić information content (AvgIpc) is 2.94. The van der Waals surface area contributed by atoms with E-state index in [9.17, 15) is 4.39 Å². The van der Waals surface area contributed by atoms with Gasteiger partial charge in [0, 0.05) is 6.04 Å². The maximum atomic E-state index is 13.0. The summed E-state index contributed by atoms with van der Waals surface area (Å²) in [6.45, 7) is 4.29. The zero-order valence-corrected chi connectivity index (χ0v) is 10.3. The van der Waals surface area contributed by atoms with Crippen molar-refractivity contribution < 1.29 is 4.39 Å². The molecule has 1 saturated carbocycles. The van der Waals surface area contributed by atoms with E-state index in [4.69, 9.17) is 0 Å². The molecule has 0 bridgehead atoms. The first-order valence-corrected chi connectivity index (χ1v) is 6.04. The predicted molar refractivity (Wildman–Crippen MR) is 65.0 cm³/mol. The molecule has 3 atom stereocenters. The van der Waals surface area contributed by atoms with Gasteiger partial charge in [0.05, 0.1) is 0 Å². The van der Waals surface area contributed by atoms with Gasteiger partial charge in [0.2, 0.25) is 0 Å². The van der Waals surface area contributed by atoms with Crippen LogP contribution in [0.3, 0.4) is 0 Å². The molecule has 0 spiro atoms. The highest BCUT2D eigenvalue weighted by molar-refractivity contribution is 5.27. The fourth-order valence-corrected chi connectivity index (χ4v) is 2.50. The molecule has 2 rings (SSSR count). The van der Waals surface area contributed by atoms with Crippen molar-refractivity contribution in [2.45, 2.75) is 32.7 Å². The van der Waals surface area contributed by atoms with Crippen molar-refractivity contribution in [3.05, 3.63) is 35.1 Å². The van der Waals surface area contributed by atoms with Crippen molar-refractivity contribution in [3.8, 4) is 0 Å². The van der Waals surface area contributed by atoms with Crippen molar-refractivity contribution in [1.29, 1.82) is 0 Å². The number of benzene rings is 1. The molecule has 16 heavy (non-hydrogen) atoms. The summed E-state index contributed by atoms with van der Waals surface area (Å²) in [5.41, 5.74) is 2.33. The van der Waals surface area contributed by atoms with Gasteiger partial charge in [-0.15, -0.1) is 0 Å². The van der Waals surface area contributed by atoms with E-state index in [0.29, 0.717) is 6.04 Å². The van der Waals surface area contributed by atoms with Gasteiger partial charge in [0.1, 0.15) is 5.82 Å².